The van der Waals surface area contributed by atoms with E-state index in [1.807, 2.05) is 0 Å². The number of ketones is 1. The highest BCUT2D eigenvalue weighted by molar-refractivity contribution is 6.24. The molecule has 138 valence electrons. The van der Waals surface area contributed by atoms with Crippen LogP contribution < -0.4 is 5.32 Å². The molecule has 0 fully saturated rings. The highest BCUT2D eigenvalue weighted by atomic mass is 19.1. The molecule has 28 heavy (non-hydrogen) atoms. The topological polar surface area (TPSA) is 80.9 Å². The summed E-state index contributed by atoms with van der Waals surface area (Å²) in [6, 6.07) is 15.6. The van der Waals surface area contributed by atoms with Crippen LogP contribution in [0.3, 0.4) is 0 Å². The lowest BCUT2D eigenvalue weighted by Gasteiger charge is -2.26. The molecule has 0 bridgehead atoms. The van der Waals surface area contributed by atoms with Gasteiger partial charge in [0.05, 0.1) is 6.26 Å². The molecule has 2 atom stereocenters. The molecule has 1 spiro atoms. The molecule has 2 aromatic carbocycles. The van der Waals surface area contributed by atoms with Gasteiger partial charge < -0.3 is 14.6 Å². The number of para-hydroxylation sites is 1. The highest BCUT2D eigenvalue weighted by Gasteiger charge is 2.63. The Morgan fingerprint density at radius 3 is 2.61 bits per heavy atom. The van der Waals surface area contributed by atoms with E-state index in [1.165, 1.54) is 36.6 Å². The van der Waals surface area contributed by atoms with Crippen molar-refractivity contribution >= 4 is 23.1 Å². The Morgan fingerprint density at radius 2 is 1.86 bits per heavy atom. The van der Waals surface area contributed by atoms with Crippen molar-refractivity contribution in [2.24, 2.45) is 11.1 Å². The zero-order valence-corrected chi connectivity index (χ0v) is 14.4. The van der Waals surface area contributed by atoms with Crippen molar-refractivity contribution < 1.29 is 23.2 Å². The van der Waals surface area contributed by atoms with Crippen molar-refractivity contribution in [3.63, 3.8) is 0 Å². The molecule has 5 rings (SSSR count). The maximum Gasteiger partial charge on any atom is 0.277 e. The Morgan fingerprint density at radius 1 is 1.07 bits per heavy atom. The van der Waals surface area contributed by atoms with Crippen molar-refractivity contribution in [1.82, 2.24) is 0 Å². The molecule has 3 aromatic rings. The van der Waals surface area contributed by atoms with Gasteiger partial charge in [0.2, 0.25) is 5.78 Å². The first-order valence-corrected chi connectivity index (χ1v) is 8.62. The number of rotatable bonds is 3. The number of furan rings is 1. The number of Topliss-reactive ketones (excluding diaryl/α,β-unsaturated/α-hetero) is 1. The molecular weight excluding hydrogens is 363 g/mol. The predicted octanol–water partition coefficient (Wildman–Crippen LogP) is 3.50. The third-order valence-corrected chi connectivity index (χ3v) is 5.05. The number of carbonyl (C=O) groups excluding carboxylic acids is 2. The van der Waals surface area contributed by atoms with Crippen LogP contribution in [0.25, 0.3) is 0 Å². The smallest absolute Gasteiger partial charge is 0.277 e. The van der Waals surface area contributed by atoms with Gasteiger partial charge in [-0.1, -0.05) is 35.5 Å². The summed E-state index contributed by atoms with van der Waals surface area (Å²) in [5, 5.41) is 6.86. The van der Waals surface area contributed by atoms with Crippen LogP contribution in [0.2, 0.25) is 0 Å². The van der Waals surface area contributed by atoms with E-state index < -0.39 is 29.0 Å². The molecule has 0 aliphatic carbocycles. The number of nitrogens with one attached hydrogen (secondary N) is 1. The number of amides is 1. The van der Waals surface area contributed by atoms with Crippen LogP contribution in [-0.4, -0.2) is 17.4 Å². The van der Waals surface area contributed by atoms with Crippen LogP contribution in [0.1, 0.15) is 21.7 Å². The largest absolute Gasteiger partial charge is 0.461 e. The molecule has 1 amide bonds. The first-order valence-electron chi connectivity index (χ1n) is 8.62. The fraction of sp³-hybridized carbons (Fsp3) is 0.0952. The van der Waals surface area contributed by atoms with Crippen molar-refractivity contribution in [1.29, 1.82) is 0 Å². The Bertz CT molecular complexity index is 1120. The average molecular weight is 376 g/mol. The number of halogens is 1. The second-order valence-electron chi connectivity index (χ2n) is 6.58. The minimum atomic E-state index is -1.65. The third kappa shape index (κ3) is 2.16. The Balaban J connectivity index is 1.70. The second-order valence-corrected chi connectivity index (χ2v) is 6.58. The third-order valence-electron chi connectivity index (χ3n) is 5.05. The summed E-state index contributed by atoms with van der Waals surface area (Å²) in [6.45, 7) is 0. The molecule has 2 aliphatic rings. The number of hydrogen-bond acceptors (Lipinski definition) is 5. The fourth-order valence-corrected chi connectivity index (χ4v) is 3.76. The first kappa shape index (κ1) is 16.4. The zero-order chi connectivity index (χ0) is 19.3. The summed E-state index contributed by atoms with van der Waals surface area (Å²) in [6.07, 6.45) is 1.38. The number of benzene rings is 2. The van der Waals surface area contributed by atoms with E-state index in [-0.39, 0.29) is 11.5 Å². The number of anilines is 1. The SMILES string of the molecule is O=C(c1ccco1)[C@@H]1C(c2ccc(F)cc2)=NO[C@@]12C(=O)Nc1ccccc12. The maximum atomic E-state index is 13.4. The van der Waals surface area contributed by atoms with Gasteiger partial charge in [-0.3, -0.25) is 9.59 Å². The fourth-order valence-electron chi connectivity index (χ4n) is 3.76. The molecule has 0 radical (unpaired) electrons. The van der Waals surface area contributed by atoms with E-state index >= 15 is 0 Å². The van der Waals surface area contributed by atoms with E-state index in [0.29, 0.717) is 16.8 Å². The first-order chi connectivity index (χ1) is 13.6. The summed E-state index contributed by atoms with van der Waals surface area (Å²) in [4.78, 5) is 32.1. The predicted molar refractivity (Wildman–Crippen MR) is 97.3 cm³/mol. The van der Waals surface area contributed by atoms with Crippen molar-refractivity contribution in [3.05, 3.63) is 89.6 Å². The summed E-state index contributed by atoms with van der Waals surface area (Å²) < 4.78 is 18.7. The maximum absolute atomic E-state index is 13.4. The molecular formula is C21H13FN2O4. The lowest BCUT2D eigenvalue weighted by Crippen LogP contribution is -2.46. The summed E-state index contributed by atoms with van der Waals surface area (Å²) in [5.41, 5.74) is 0.157. The molecule has 0 saturated carbocycles. The second kappa shape index (κ2) is 5.88. The summed E-state index contributed by atoms with van der Waals surface area (Å²) in [7, 11) is 0. The van der Waals surface area contributed by atoms with Gasteiger partial charge in [0.25, 0.3) is 11.5 Å². The van der Waals surface area contributed by atoms with Crippen LogP contribution >= 0.6 is 0 Å². The summed E-state index contributed by atoms with van der Waals surface area (Å²) in [5.74, 6) is -2.36. The van der Waals surface area contributed by atoms with E-state index in [2.05, 4.69) is 10.5 Å². The number of oxime groups is 1. The quantitative estimate of drug-likeness (QED) is 0.710. The van der Waals surface area contributed by atoms with Gasteiger partial charge in [0, 0.05) is 16.8 Å². The molecule has 0 saturated heterocycles. The number of carbonyl (C=O) groups is 2. The van der Waals surface area contributed by atoms with Gasteiger partial charge >= 0.3 is 0 Å². The van der Waals surface area contributed by atoms with Gasteiger partial charge in [-0.25, -0.2) is 4.39 Å². The minimum Gasteiger partial charge on any atom is -0.461 e. The molecule has 3 heterocycles. The van der Waals surface area contributed by atoms with E-state index in [1.54, 1.807) is 30.3 Å². The van der Waals surface area contributed by atoms with Crippen molar-refractivity contribution in [3.8, 4) is 0 Å². The van der Waals surface area contributed by atoms with Gasteiger partial charge in [-0.05, 0) is 30.3 Å². The van der Waals surface area contributed by atoms with E-state index in [9.17, 15) is 14.0 Å². The lowest BCUT2D eigenvalue weighted by molar-refractivity contribution is -0.140. The number of nitrogens with zero attached hydrogens (tertiary/aromatic N) is 1. The Labute approximate surface area is 158 Å². The van der Waals surface area contributed by atoms with Gasteiger partial charge in [0.15, 0.2) is 5.76 Å². The molecule has 1 N–H and O–H groups in total. The Kier molecular flexibility index (Phi) is 3.45. The normalized spacial score (nSPS) is 22.5. The van der Waals surface area contributed by atoms with Crippen LogP contribution in [0.4, 0.5) is 10.1 Å². The highest BCUT2D eigenvalue weighted by Crippen LogP contribution is 2.49. The lowest BCUT2D eigenvalue weighted by atomic mass is 9.75. The number of hydrogen-bond donors (Lipinski definition) is 1. The van der Waals surface area contributed by atoms with Crippen LogP contribution in [0, 0.1) is 11.7 Å². The molecule has 1 aromatic heterocycles. The van der Waals surface area contributed by atoms with Crippen LogP contribution in [0.15, 0.2) is 76.5 Å². The van der Waals surface area contributed by atoms with Crippen molar-refractivity contribution in [2.75, 3.05) is 5.32 Å². The van der Waals surface area contributed by atoms with Crippen LogP contribution in [-0.2, 0) is 15.2 Å². The molecule has 6 nitrogen and oxygen atoms in total. The van der Waals surface area contributed by atoms with E-state index in [0.717, 1.165) is 0 Å². The Hall–Kier alpha value is -3.74. The molecule has 0 unspecified atom stereocenters. The molecule has 2 aliphatic heterocycles. The standard InChI is InChI=1S/C21H13FN2O4/c22-13-9-7-12(8-10-13)18-17(19(25)16-6-3-11-27-16)21(28-24-18)14-4-1-2-5-15(14)23-20(21)26/h1-11,17H,(H,23,26)/t17-,21+/m0/s1. The monoisotopic (exact) mass is 376 g/mol. The van der Waals surface area contributed by atoms with Crippen molar-refractivity contribution in [2.45, 2.75) is 5.60 Å². The van der Waals surface area contributed by atoms with Crippen LogP contribution in [0.5, 0.6) is 0 Å². The number of fused-ring (bicyclic) bond motifs is 2. The average Bonchev–Trinajstić information content (AvgIpc) is 3.42. The van der Waals surface area contributed by atoms with Gasteiger partial charge in [0.1, 0.15) is 17.4 Å². The molecule has 7 heteroatoms. The van der Waals surface area contributed by atoms with E-state index in [4.69, 9.17) is 9.25 Å². The minimum absolute atomic E-state index is 0.0851. The van der Waals surface area contributed by atoms with Gasteiger partial charge in [-0.2, -0.15) is 0 Å². The summed E-state index contributed by atoms with van der Waals surface area (Å²) >= 11 is 0. The van der Waals surface area contributed by atoms with Gasteiger partial charge in [-0.15, -0.1) is 0 Å². The zero-order valence-electron chi connectivity index (χ0n) is 14.4.